The lowest BCUT2D eigenvalue weighted by Gasteiger charge is -2.36. The summed E-state index contributed by atoms with van der Waals surface area (Å²) < 4.78 is 14.1. The van der Waals surface area contributed by atoms with Gasteiger partial charge in [0.1, 0.15) is 11.9 Å². The van der Waals surface area contributed by atoms with Gasteiger partial charge in [0.05, 0.1) is 28.9 Å². The van der Waals surface area contributed by atoms with E-state index < -0.39 is 0 Å². The summed E-state index contributed by atoms with van der Waals surface area (Å²) in [5.41, 5.74) is 20.0. The van der Waals surface area contributed by atoms with Gasteiger partial charge in [0.2, 0.25) is 0 Å². The Morgan fingerprint density at radius 1 is 0.554 bits per heavy atom. The molecular weight excluding hydrogens is 793 g/mol. The van der Waals surface area contributed by atoms with Crippen molar-refractivity contribution in [3.63, 3.8) is 0 Å². The van der Waals surface area contributed by atoms with Crippen LogP contribution in [0.3, 0.4) is 0 Å². The Balaban J connectivity index is 1.08. The normalized spacial score (nSPS) is 23.0. The van der Waals surface area contributed by atoms with Crippen LogP contribution < -0.4 is 9.80 Å². The quantitative estimate of drug-likeness (QED) is 0.152. The molecule has 2 heterocycles. The van der Waals surface area contributed by atoms with Gasteiger partial charge in [-0.15, -0.1) is 0 Å². The van der Waals surface area contributed by atoms with Crippen molar-refractivity contribution in [1.82, 2.24) is 0 Å². The van der Waals surface area contributed by atoms with Crippen LogP contribution in [-0.4, -0.2) is 12.2 Å². The highest BCUT2D eigenvalue weighted by Crippen LogP contribution is 2.52. The molecule has 4 nitrogen and oxygen atoms in total. The average molecular weight is 851 g/mol. The zero-order chi connectivity index (χ0) is 44.1. The monoisotopic (exact) mass is 850 g/mol. The first-order valence-electron chi connectivity index (χ1n) is 24.1. The summed E-state index contributed by atoms with van der Waals surface area (Å²) in [5.74, 6) is 3.51. The summed E-state index contributed by atoms with van der Waals surface area (Å²) >= 11 is 0. The van der Waals surface area contributed by atoms with Gasteiger partial charge in [-0.1, -0.05) is 151 Å². The number of benzene rings is 5. The van der Waals surface area contributed by atoms with E-state index >= 15 is 0 Å². The fourth-order valence-corrected chi connectivity index (χ4v) is 11.9. The average Bonchev–Trinajstić information content (AvgIpc) is 3.71. The molecule has 65 heavy (non-hydrogen) atoms. The Labute approximate surface area is 384 Å². The topological polar surface area (TPSA) is 28.9 Å². The first kappa shape index (κ1) is 40.2. The SMILES string of the molecule is CC(C)c1cc(N(C2=CC=CC3C2OC2C=CC=CC23)c2ccccc2)c2c3c1C=Cc1c(N(c4ccccc4)c4cccc5c6c(oc45)CC(C)C(C)C6)cc(C(C)C)c(c1C3)C=C2. The van der Waals surface area contributed by atoms with Crippen molar-refractivity contribution in [3.05, 3.63) is 195 Å². The van der Waals surface area contributed by atoms with Crippen LogP contribution in [-0.2, 0) is 24.0 Å². The maximum atomic E-state index is 7.03. The van der Waals surface area contributed by atoms with Gasteiger partial charge in [0, 0.05) is 51.7 Å². The third kappa shape index (κ3) is 6.43. The summed E-state index contributed by atoms with van der Waals surface area (Å²) in [5, 5.41) is 1.25. The number of ether oxygens (including phenoxy) is 1. The Kier molecular flexibility index (Phi) is 9.68. The first-order chi connectivity index (χ1) is 31.7. The molecule has 1 aromatic heterocycles. The molecule has 0 amide bonds. The minimum atomic E-state index is -0.0791. The van der Waals surface area contributed by atoms with Crippen LogP contribution in [0.2, 0.25) is 0 Å². The zero-order valence-electron chi connectivity index (χ0n) is 38.5. The second-order valence-electron chi connectivity index (χ2n) is 20.0. The Bertz CT molecular complexity index is 3060. The number of furan rings is 1. The number of rotatable bonds is 8. The van der Waals surface area contributed by atoms with Crippen LogP contribution >= 0.6 is 0 Å². The van der Waals surface area contributed by atoms with Crippen LogP contribution in [0, 0.1) is 23.7 Å². The van der Waals surface area contributed by atoms with Gasteiger partial charge in [-0.25, -0.2) is 0 Å². The third-order valence-electron chi connectivity index (χ3n) is 15.5. The van der Waals surface area contributed by atoms with Crippen LogP contribution in [0.5, 0.6) is 0 Å². The Hall–Kier alpha value is -6.36. The molecule has 6 unspecified atom stereocenters. The minimum absolute atomic E-state index is 0.0632. The molecule has 324 valence electrons. The molecular formula is C61H58N2O2. The minimum Gasteiger partial charge on any atom is -0.459 e. The van der Waals surface area contributed by atoms with Crippen LogP contribution in [0.25, 0.3) is 35.3 Å². The van der Waals surface area contributed by atoms with Crippen molar-refractivity contribution in [2.45, 2.75) is 84.8 Å². The number of fused-ring (bicyclic) bond motifs is 6. The number of anilines is 5. The van der Waals surface area contributed by atoms with Crippen molar-refractivity contribution in [2.75, 3.05) is 9.80 Å². The van der Waals surface area contributed by atoms with Gasteiger partial charge in [-0.05, 0) is 118 Å². The molecule has 5 aromatic carbocycles. The lowest BCUT2D eigenvalue weighted by Crippen LogP contribution is -2.32. The highest BCUT2D eigenvalue weighted by Gasteiger charge is 2.46. The van der Waals surface area contributed by atoms with Gasteiger partial charge < -0.3 is 19.0 Å². The molecule has 1 fully saturated rings. The van der Waals surface area contributed by atoms with Crippen molar-refractivity contribution < 1.29 is 9.15 Å². The van der Waals surface area contributed by atoms with Crippen molar-refractivity contribution in [2.24, 2.45) is 23.7 Å². The molecule has 0 N–H and O–H groups in total. The van der Waals surface area contributed by atoms with E-state index in [1.807, 2.05) is 0 Å². The molecule has 1 saturated heterocycles. The Morgan fingerprint density at radius 3 is 1.80 bits per heavy atom. The summed E-state index contributed by atoms with van der Waals surface area (Å²) in [6.45, 7) is 14.2. The van der Waals surface area contributed by atoms with E-state index in [4.69, 9.17) is 9.15 Å². The van der Waals surface area contributed by atoms with E-state index in [9.17, 15) is 0 Å². The van der Waals surface area contributed by atoms with E-state index in [-0.39, 0.29) is 30.0 Å². The highest BCUT2D eigenvalue weighted by molar-refractivity contribution is 6.01. The van der Waals surface area contributed by atoms with Gasteiger partial charge in [0.15, 0.2) is 5.58 Å². The Morgan fingerprint density at radius 2 is 1.14 bits per heavy atom. The summed E-state index contributed by atoms with van der Waals surface area (Å²) in [6, 6.07) is 33.7. The lowest BCUT2D eigenvalue weighted by atomic mass is 9.80. The molecule has 1 aliphatic heterocycles. The maximum absolute atomic E-state index is 7.03. The number of hydrogen-bond acceptors (Lipinski definition) is 4. The van der Waals surface area contributed by atoms with E-state index in [0.717, 1.165) is 47.7 Å². The molecule has 6 atom stereocenters. The van der Waals surface area contributed by atoms with Crippen molar-refractivity contribution in [3.8, 4) is 0 Å². The first-order valence-corrected chi connectivity index (χ1v) is 24.1. The van der Waals surface area contributed by atoms with E-state index in [0.29, 0.717) is 17.8 Å². The summed E-state index contributed by atoms with van der Waals surface area (Å²) in [4.78, 5) is 5.02. The molecule has 6 aliphatic rings. The second kappa shape index (κ2) is 15.7. The summed E-state index contributed by atoms with van der Waals surface area (Å²) in [6.07, 6.45) is 28.4. The molecule has 5 aliphatic carbocycles. The molecule has 12 rings (SSSR count). The van der Waals surface area contributed by atoms with Crippen LogP contribution in [0.15, 0.2) is 144 Å². The maximum Gasteiger partial charge on any atom is 0.158 e. The summed E-state index contributed by atoms with van der Waals surface area (Å²) in [7, 11) is 0. The smallest absolute Gasteiger partial charge is 0.158 e. The van der Waals surface area contributed by atoms with Gasteiger partial charge >= 0.3 is 0 Å². The molecule has 0 radical (unpaired) electrons. The number of para-hydroxylation sites is 3. The number of nitrogens with zero attached hydrogens (tertiary/aromatic N) is 2. The van der Waals surface area contributed by atoms with Crippen LogP contribution in [0.4, 0.5) is 28.4 Å². The molecule has 6 aromatic rings. The lowest BCUT2D eigenvalue weighted by molar-refractivity contribution is 0.0804. The van der Waals surface area contributed by atoms with Gasteiger partial charge in [0.25, 0.3) is 0 Å². The van der Waals surface area contributed by atoms with E-state index in [1.54, 1.807) is 0 Å². The van der Waals surface area contributed by atoms with E-state index in [1.165, 1.54) is 72.5 Å². The number of allylic oxidation sites excluding steroid dienone is 4. The molecule has 2 bridgehead atoms. The molecule has 0 saturated carbocycles. The largest absolute Gasteiger partial charge is 0.459 e. The fraction of sp³-hybridized carbons (Fsp3) is 0.279. The zero-order valence-corrected chi connectivity index (χ0v) is 38.5. The number of hydrogen-bond donors (Lipinski definition) is 0. The third-order valence-corrected chi connectivity index (χ3v) is 15.5. The van der Waals surface area contributed by atoms with Crippen molar-refractivity contribution >= 4 is 63.7 Å². The van der Waals surface area contributed by atoms with Crippen molar-refractivity contribution in [1.29, 1.82) is 0 Å². The van der Waals surface area contributed by atoms with Gasteiger partial charge in [-0.2, -0.15) is 0 Å². The molecule has 0 spiro atoms. The van der Waals surface area contributed by atoms with Gasteiger partial charge in [-0.3, -0.25) is 0 Å². The molecule has 4 heteroatoms. The van der Waals surface area contributed by atoms with E-state index in [2.05, 4.69) is 209 Å². The predicted molar refractivity (Wildman–Crippen MR) is 272 cm³/mol. The second-order valence-corrected chi connectivity index (χ2v) is 20.0. The highest BCUT2D eigenvalue weighted by atomic mass is 16.5. The standard InChI is InChI=1S/C61H58N2O2/c1-36(2)49-34-56(62(40-17-9-7-10-18-40)54-24-15-22-47-46-21-13-14-26-58(46)64-60(47)54)44-29-27-43-50(37(3)4)35-57(45-30-28-42(49)51(44)33-52(43)45)63(41-19-11-8-12-20-41)55-25-16-23-48-53-31-38(5)39(6)32-59(53)65-61(48)55/h7-30,34-39,46-47,58,60H,31-33H2,1-6H3. The predicted octanol–water partition coefficient (Wildman–Crippen LogP) is 15.8. The fourth-order valence-electron chi connectivity index (χ4n) is 11.9. The van der Waals surface area contributed by atoms with Crippen LogP contribution in [0.1, 0.15) is 109 Å².